The van der Waals surface area contributed by atoms with Gasteiger partial charge in [0.2, 0.25) is 0 Å². The second-order valence-corrected chi connectivity index (χ2v) is 4.23. The number of benzene rings is 1. The summed E-state index contributed by atoms with van der Waals surface area (Å²) in [6, 6.07) is 3.95. The number of carboxylic acid groups (broad SMARTS) is 1. The van der Waals surface area contributed by atoms with Crippen molar-refractivity contribution in [3.05, 3.63) is 28.8 Å². The molecular formula is C12H12ClF3O4. The lowest BCUT2D eigenvalue weighted by molar-refractivity contribution is -0.174. The van der Waals surface area contributed by atoms with E-state index >= 15 is 0 Å². The summed E-state index contributed by atoms with van der Waals surface area (Å²) < 4.78 is 44.9. The average Bonchev–Trinajstić information content (AvgIpc) is 2.33. The Hall–Kier alpha value is -1.47. The van der Waals surface area contributed by atoms with Gasteiger partial charge in [-0.3, -0.25) is 0 Å². The predicted octanol–water partition coefficient (Wildman–Crippen LogP) is 3.39. The number of carbonyl (C=O) groups is 1. The molecule has 1 rings (SSSR count). The van der Waals surface area contributed by atoms with Crippen molar-refractivity contribution in [2.45, 2.75) is 12.6 Å². The first-order valence-electron chi connectivity index (χ1n) is 5.60. The zero-order valence-corrected chi connectivity index (χ0v) is 11.0. The Kier molecular flexibility index (Phi) is 6.09. The van der Waals surface area contributed by atoms with Crippen molar-refractivity contribution in [1.82, 2.24) is 0 Å². The van der Waals surface area contributed by atoms with Crippen molar-refractivity contribution in [3.8, 4) is 5.75 Å². The molecule has 1 aromatic rings. The number of hydrogen-bond acceptors (Lipinski definition) is 3. The van der Waals surface area contributed by atoms with Crippen molar-refractivity contribution < 1.29 is 32.5 Å². The highest BCUT2D eigenvalue weighted by atomic mass is 35.5. The summed E-state index contributed by atoms with van der Waals surface area (Å²) in [7, 11) is 0. The minimum Gasteiger partial charge on any atom is -0.492 e. The molecule has 0 aliphatic carbocycles. The highest BCUT2D eigenvalue weighted by Gasteiger charge is 2.27. The van der Waals surface area contributed by atoms with Crippen LogP contribution in [0.3, 0.4) is 0 Å². The van der Waals surface area contributed by atoms with Gasteiger partial charge in [-0.1, -0.05) is 11.6 Å². The molecule has 0 saturated heterocycles. The summed E-state index contributed by atoms with van der Waals surface area (Å²) in [5, 5.41) is 8.86. The summed E-state index contributed by atoms with van der Waals surface area (Å²) in [5.41, 5.74) is 0.0239. The number of hydrogen-bond donors (Lipinski definition) is 1. The van der Waals surface area contributed by atoms with Crippen LogP contribution in [0.25, 0.3) is 0 Å². The smallest absolute Gasteiger partial charge is 0.411 e. The molecular weight excluding hydrogens is 301 g/mol. The second kappa shape index (κ2) is 7.35. The van der Waals surface area contributed by atoms with Crippen LogP contribution in [0.5, 0.6) is 5.75 Å². The number of alkyl halides is 3. The molecule has 20 heavy (non-hydrogen) atoms. The molecule has 4 nitrogen and oxygen atoms in total. The van der Waals surface area contributed by atoms with Gasteiger partial charge in [-0.2, -0.15) is 13.2 Å². The molecule has 0 saturated carbocycles. The maximum atomic E-state index is 11.8. The van der Waals surface area contributed by atoms with Crippen molar-refractivity contribution in [2.24, 2.45) is 0 Å². The van der Waals surface area contributed by atoms with Crippen LogP contribution in [0, 0.1) is 0 Å². The fourth-order valence-corrected chi connectivity index (χ4v) is 1.52. The quantitative estimate of drug-likeness (QED) is 0.784. The molecule has 0 aliphatic heterocycles. The Bertz CT molecular complexity index is 463. The molecule has 112 valence electrons. The molecule has 1 aromatic carbocycles. The third-order valence-corrected chi connectivity index (χ3v) is 2.43. The fraction of sp³-hybridized carbons (Fsp3) is 0.417. The average molecular weight is 313 g/mol. The standard InChI is InChI=1S/C12H12ClF3O4/c13-9-6-8(11(17)18)2-3-10(9)20-5-1-4-19-7-12(14,15)16/h2-3,6H,1,4-5,7H2,(H,17,18). The summed E-state index contributed by atoms with van der Waals surface area (Å²) in [4.78, 5) is 10.7. The first-order valence-corrected chi connectivity index (χ1v) is 5.97. The molecule has 1 N–H and O–H groups in total. The number of aromatic carboxylic acids is 1. The molecule has 0 fully saturated rings. The second-order valence-electron chi connectivity index (χ2n) is 3.82. The maximum Gasteiger partial charge on any atom is 0.411 e. The molecule has 0 radical (unpaired) electrons. The predicted molar refractivity (Wildman–Crippen MR) is 65.4 cm³/mol. The Morgan fingerprint density at radius 1 is 1.30 bits per heavy atom. The Morgan fingerprint density at radius 2 is 2.00 bits per heavy atom. The van der Waals surface area contributed by atoms with Gasteiger partial charge in [-0.15, -0.1) is 0 Å². The highest BCUT2D eigenvalue weighted by molar-refractivity contribution is 6.32. The summed E-state index contributed by atoms with van der Waals surface area (Å²) in [6.07, 6.45) is -4.08. The van der Waals surface area contributed by atoms with Gasteiger partial charge >= 0.3 is 12.1 Å². The van der Waals surface area contributed by atoms with Crippen molar-refractivity contribution >= 4 is 17.6 Å². The van der Waals surface area contributed by atoms with Crippen molar-refractivity contribution in [1.29, 1.82) is 0 Å². The molecule has 0 unspecified atom stereocenters. The van der Waals surface area contributed by atoms with Crippen molar-refractivity contribution in [3.63, 3.8) is 0 Å². The lowest BCUT2D eigenvalue weighted by Crippen LogP contribution is -2.18. The lowest BCUT2D eigenvalue weighted by Gasteiger charge is -2.10. The van der Waals surface area contributed by atoms with Gasteiger partial charge in [-0.05, 0) is 18.2 Å². The van der Waals surface area contributed by atoms with E-state index in [-0.39, 0.29) is 36.0 Å². The van der Waals surface area contributed by atoms with E-state index in [0.717, 1.165) is 0 Å². The van der Waals surface area contributed by atoms with Gasteiger partial charge in [0.15, 0.2) is 0 Å². The monoisotopic (exact) mass is 312 g/mol. The fourth-order valence-electron chi connectivity index (χ4n) is 1.28. The van der Waals surface area contributed by atoms with Gasteiger partial charge in [0.1, 0.15) is 12.4 Å². The van der Waals surface area contributed by atoms with E-state index in [0.29, 0.717) is 0 Å². The first-order chi connectivity index (χ1) is 9.29. The van der Waals surface area contributed by atoms with E-state index in [9.17, 15) is 18.0 Å². The SMILES string of the molecule is O=C(O)c1ccc(OCCCOCC(F)(F)F)c(Cl)c1. The number of rotatable bonds is 7. The number of halogens is 4. The van der Waals surface area contributed by atoms with Crippen LogP contribution in [0.4, 0.5) is 13.2 Å². The normalized spacial score (nSPS) is 11.4. The van der Waals surface area contributed by atoms with E-state index in [4.69, 9.17) is 21.4 Å². The number of carboxylic acids is 1. The Labute approximate surface area is 118 Å². The molecule has 0 amide bonds. The summed E-state index contributed by atoms with van der Waals surface area (Å²) in [5.74, 6) is -0.841. The van der Waals surface area contributed by atoms with Crippen molar-refractivity contribution in [2.75, 3.05) is 19.8 Å². The highest BCUT2D eigenvalue weighted by Crippen LogP contribution is 2.25. The first kappa shape index (κ1) is 16.6. The molecule has 0 atom stereocenters. The van der Waals surface area contributed by atoms with E-state index in [1.54, 1.807) is 0 Å². The van der Waals surface area contributed by atoms with Crippen LogP contribution in [0.2, 0.25) is 5.02 Å². The van der Waals surface area contributed by atoms with Gasteiger partial charge in [0.05, 0.1) is 23.8 Å². The molecule has 8 heteroatoms. The van der Waals surface area contributed by atoms with Crippen LogP contribution in [-0.4, -0.2) is 37.1 Å². The molecule has 0 heterocycles. The molecule has 0 spiro atoms. The van der Waals surface area contributed by atoms with Crippen LogP contribution < -0.4 is 4.74 Å². The Morgan fingerprint density at radius 3 is 2.55 bits per heavy atom. The van der Waals surface area contributed by atoms with Crippen LogP contribution >= 0.6 is 11.6 Å². The maximum absolute atomic E-state index is 11.8. The van der Waals surface area contributed by atoms with Gasteiger partial charge in [-0.25, -0.2) is 4.79 Å². The van der Waals surface area contributed by atoms with E-state index in [1.807, 2.05) is 0 Å². The zero-order chi connectivity index (χ0) is 15.2. The van der Waals surface area contributed by atoms with E-state index in [2.05, 4.69) is 4.74 Å². The minimum atomic E-state index is -4.34. The van der Waals surface area contributed by atoms with Gasteiger partial charge in [0.25, 0.3) is 0 Å². The summed E-state index contributed by atoms with van der Waals surface area (Å²) >= 11 is 5.81. The van der Waals surface area contributed by atoms with Crippen LogP contribution in [0.15, 0.2) is 18.2 Å². The third-order valence-electron chi connectivity index (χ3n) is 2.14. The topological polar surface area (TPSA) is 55.8 Å². The zero-order valence-electron chi connectivity index (χ0n) is 10.2. The van der Waals surface area contributed by atoms with E-state index < -0.39 is 18.8 Å². The van der Waals surface area contributed by atoms with Crippen LogP contribution in [0.1, 0.15) is 16.8 Å². The lowest BCUT2D eigenvalue weighted by atomic mass is 10.2. The van der Waals surface area contributed by atoms with Gasteiger partial charge in [0, 0.05) is 6.42 Å². The Balaban J connectivity index is 2.31. The number of ether oxygens (including phenoxy) is 2. The molecule has 0 bridgehead atoms. The van der Waals surface area contributed by atoms with Crippen LogP contribution in [-0.2, 0) is 4.74 Å². The third kappa shape index (κ3) is 6.12. The molecule has 0 aliphatic rings. The van der Waals surface area contributed by atoms with E-state index in [1.165, 1.54) is 18.2 Å². The minimum absolute atomic E-state index is 0.0239. The summed E-state index contributed by atoms with van der Waals surface area (Å²) in [6.45, 7) is -1.27. The van der Waals surface area contributed by atoms with Gasteiger partial charge < -0.3 is 14.6 Å². The largest absolute Gasteiger partial charge is 0.492 e. The molecule has 0 aromatic heterocycles.